The van der Waals surface area contributed by atoms with Gasteiger partial charge in [0.25, 0.3) is 11.6 Å². The molecule has 0 aliphatic carbocycles. The van der Waals surface area contributed by atoms with Gasteiger partial charge in [-0.3, -0.25) is 14.9 Å². The highest BCUT2D eigenvalue weighted by molar-refractivity contribution is 6.29. The zero-order valence-corrected chi connectivity index (χ0v) is 10.5. The van der Waals surface area contributed by atoms with Gasteiger partial charge >= 0.3 is 0 Å². The molecule has 2 rings (SSSR count). The lowest BCUT2D eigenvalue weighted by molar-refractivity contribution is -0.383. The highest BCUT2D eigenvalue weighted by Gasteiger charge is 2.19. The first kappa shape index (κ1) is 13.6. The number of carbonyl (C=O) groups excluding carboxylic acids is 1. The van der Waals surface area contributed by atoms with Crippen molar-refractivity contribution in [3.8, 4) is 6.07 Å². The van der Waals surface area contributed by atoms with E-state index < -0.39 is 10.8 Å². The van der Waals surface area contributed by atoms with E-state index >= 15 is 0 Å². The fourth-order valence-corrected chi connectivity index (χ4v) is 1.62. The maximum absolute atomic E-state index is 11.8. The maximum Gasteiger partial charge on any atom is 0.294 e. The molecule has 1 heterocycles. The van der Waals surface area contributed by atoms with Crippen LogP contribution in [-0.4, -0.2) is 10.8 Å². The molecular weight excluding hydrogens is 286 g/mol. The Bertz CT molecular complexity index is 733. The minimum absolute atomic E-state index is 0.0319. The molecule has 0 spiro atoms. The number of nitro groups is 1. The lowest BCUT2D eigenvalue weighted by atomic mass is 10.2. The van der Waals surface area contributed by atoms with Gasteiger partial charge in [0.1, 0.15) is 5.69 Å². The molecule has 0 aliphatic heterocycles. The normalized spacial score (nSPS) is 9.80. The van der Waals surface area contributed by atoms with Gasteiger partial charge < -0.3 is 9.73 Å². The third-order valence-corrected chi connectivity index (χ3v) is 2.57. The average molecular weight is 292 g/mol. The first-order valence-corrected chi connectivity index (χ1v) is 5.64. The van der Waals surface area contributed by atoms with Crippen LogP contribution in [0.15, 0.2) is 34.7 Å². The molecule has 0 radical (unpaired) electrons. The molecule has 0 saturated heterocycles. The standard InChI is InChI=1S/C12H6ClN3O4/c13-11-4-3-10(20-11)12(17)15-8-2-1-7(6-14)5-9(8)16(18)19/h1-5H,(H,15,17). The van der Waals surface area contributed by atoms with Crippen molar-refractivity contribution in [2.24, 2.45) is 0 Å². The Morgan fingerprint density at radius 3 is 2.70 bits per heavy atom. The molecule has 100 valence electrons. The second-order valence-electron chi connectivity index (χ2n) is 3.66. The summed E-state index contributed by atoms with van der Waals surface area (Å²) < 4.78 is 4.89. The quantitative estimate of drug-likeness (QED) is 0.690. The van der Waals surface area contributed by atoms with Crippen LogP contribution in [0, 0.1) is 21.4 Å². The van der Waals surface area contributed by atoms with E-state index in [1.165, 1.54) is 24.3 Å². The molecule has 0 unspecified atom stereocenters. The van der Waals surface area contributed by atoms with Crippen molar-refractivity contribution in [1.82, 2.24) is 0 Å². The summed E-state index contributed by atoms with van der Waals surface area (Å²) in [5, 5.41) is 22.0. The molecule has 1 aromatic carbocycles. The van der Waals surface area contributed by atoms with E-state index in [1.807, 2.05) is 0 Å². The van der Waals surface area contributed by atoms with Crippen LogP contribution in [0.5, 0.6) is 0 Å². The number of furan rings is 1. The number of nitro benzene ring substituents is 1. The van der Waals surface area contributed by atoms with Crippen LogP contribution in [0.1, 0.15) is 16.1 Å². The molecule has 0 aliphatic rings. The van der Waals surface area contributed by atoms with Gasteiger partial charge in [-0.1, -0.05) is 0 Å². The highest BCUT2D eigenvalue weighted by Crippen LogP contribution is 2.26. The van der Waals surface area contributed by atoms with Crippen LogP contribution < -0.4 is 5.32 Å². The topological polar surface area (TPSA) is 109 Å². The maximum atomic E-state index is 11.8. The number of benzene rings is 1. The second-order valence-corrected chi connectivity index (χ2v) is 4.03. The molecule has 8 heteroatoms. The molecule has 0 atom stereocenters. The molecule has 1 amide bonds. The summed E-state index contributed by atoms with van der Waals surface area (Å²) in [6.07, 6.45) is 0. The number of rotatable bonds is 3. The first-order chi connectivity index (χ1) is 9.51. The number of halogens is 1. The number of hydrogen-bond donors (Lipinski definition) is 1. The van der Waals surface area contributed by atoms with Crippen molar-refractivity contribution in [1.29, 1.82) is 5.26 Å². The minimum Gasteiger partial charge on any atom is -0.440 e. The zero-order chi connectivity index (χ0) is 14.7. The number of anilines is 1. The van der Waals surface area contributed by atoms with Gasteiger partial charge in [0, 0.05) is 6.07 Å². The van der Waals surface area contributed by atoms with E-state index in [0.29, 0.717) is 0 Å². The summed E-state index contributed by atoms with van der Waals surface area (Å²) in [4.78, 5) is 22.0. The van der Waals surface area contributed by atoms with E-state index in [4.69, 9.17) is 21.3 Å². The third kappa shape index (κ3) is 2.76. The summed E-state index contributed by atoms with van der Waals surface area (Å²) in [6, 6.07) is 8.21. The highest BCUT2D eigenvalue weighted by atomic mass is 35.5. The molecule has 1 N–H and O–H groups in total. The van der Waals surface area contributed by atoms with Crippen molar-refractivity contribution < 1.29 is 14.1 Å². The number of nitrogens with zero attached hydrogens (tertiary/aromatic N) is 2. The average Bonchev–Trinajstić information content (AvgIpc) is 2.85. The Kier molecular flexibility index (Phi) is 3.68. The van der Waals surface area contributed by atoms with Gasteiger partial charge in [-0.15, -0.1) is 0 Å². The summed E-state index contributed by atoms with van der Waals surface area (Å²) >= 11 is 5.54. The van der Waals surface area contributed by atoms with Gasteiger partial charge in [-0.2, -0.15) is 5.26 Å². The fraction of sp³-hybridized carbons (Fsp3) is 0. The monoisotopic (exact) mass is 291 g/mol. The van der Waals surface area contributed by atoms with Crippen LogP contribution >= 0.6 is 11.6 Å². The summed E-state index contributed by atoms with van der Waals surface area (Å²) in [5.74, 6) is -0.752. The molecule has 2 aromatic rings. The molecule has 0 saturated carbocycles. The lowest BCUT2D eigenvalue weighted by Gasteiger charge is -2.04. The minimum atomic E-state index is -0.689. The molecule has 20 heavy (non-hydrogen) atoms. The Hall–Kier alpha value is -2.85. The zero-order valence-electron chi connectivity index (χ0n) is 9.79. The van der Waals surface area contributed by atoms with Crippen molar-refractivity contribution >= 4 is 28.9 Å². The number of amides is 1. The van der Waals surface area contributed by atoms with Crippen molar-refractivity contribution in [2.75, 3.05) is 5.32 Å². The van der Waals surface area contributed by atoms with Gasteiger partial charge in [0.2, 0.25) is 0 Å². The van der Waals surface area contributed by atoms with Crippen LogP contribution in [-0.2, 0) is 0 Å². The Morgan fingerprint density at radius 2 is 2.15 bits per heavy atom. The smallest absolute Gasteiger partial charge is 0.294 e. The number of hydrogen-bond acceptors (Lipinski definition) is 5. The van der Waals surface area contributed by atoms with Crippen LogP contribution in [0.3, 0.4) is 0 Å². The van der Waals surface area contributed by atoms with Gasteiger partial charge in [-0.25, -0.2) is 0 Å². The predicted octanol–water partition coefficient (Wildman–Crippen LogP) is 2.97. The number of carbonyl (C=O) groups is 1. The largest absolute Gasteiger partial charge is 0.440 e. The van der Waals surface area contributed by atoms with E-state index in [9.17, 15) is 14.9 Å². The fourth-order valence-electron chi connectivity index (χ4n) is 1.48. The summed E-state index contributed by atoms with van der Waals surface area (Å²) in [5.41, 5.74) is -0.294. The second kappa shape index (κ2) is 5.42. The van der Waals surface area contributed by atoms with Gasteiger partial charge in [0.15, 0.2) is 11.0 Å². The van der Waals surface area contributed by atoms with E-state index in [1.54, 1.807) is 6.07 Å². The predicted molar refractivity (Wildman–Crippen MR) is 69.5 cm³/mol. The molecule has 7 nitrogen and oxygen atoms in total. The van der Waals surface area contributed by atoms with Crippen molar-refractivity contribution in [3.05, 3.63) is 57.0 Å². The summed E-state index contributed by atoms with van der Waals surface area (Å²) in [7, 11) is 0. The van der Waals surface area contributed by atoms with Crippen molar-refractivity contribution in [3.63, 3.8) is 0 Å². The van der Waals surface area contributed by atoms with Crippen LogP contribution in [0.2, 0.25) is 5.22 Å². The van der Waals surface area contributed by atoms with E-state index in [2.05, 4.69) is 5.32 Å². The molecule has 0 bridgehead atoms. The Balaban J connectivity index is 2.32. The lowest BCUT2D eigenvalue weighted by Crippen LogP contribution is -2.12. The first-order valence-electron chi connectivity index (χ1n) is 5.26. The third-order valence-electron chi connectivity index (χ3n) is 2.37. The molecule has 1 aromatic heterocycles. The Morgan fingerprint density at radius 1 is 1.40 bits per heavy atom. The van der Waals surface area contributed by atoms with Gasteiger partial charge in [-0.05, 0) is 35.9 Å². The van der Waals surface area contributed by atoms with E-state index in [-0.39, 0.29) is 27.9 Å². The van der Waals surface area contributed by atoms with E-state index in [0.717, 1.165) is 6.07 Å². The Labute approximate surface area is 117 Å². The number of nitriles is 1. The van der Waals surface area contributed by atoms with Gasteiger partial charge in [0.05, 0.1) is 16.6 Å². The SMILES string of the molecule is N#Cc1ccc(NC(=O)c2ccc(Cl)o2)c([N+](=O)[O-])c1. The van der Waals surface area contributed by atoms with Crippen molar-refractivity contribution in [2.45, 2.75) is 0 Å². The van der Waals surface area contributed by atoms with Crippen LogP contribution in [0.25, 0.3) is 0 Å². The number of nitrogens with one attached hydrogen (secondary N) is 1. The van der Waals surface area contributed by atoms with Crippen LogP contribution in [0.4, 0.5) is 11.4 Å². The molecule has 0 fully saturated rings. The molecular formula is C12H6ClN3O4. The summed E-state index contributed by atoms with van der Waals surface area (Å²) in [6.45, 7) is 0.